The standard InChI is InChI=1S/C13H28N2O3/c1-5-15(10-11-18-4)9-7-6-8-13(2,14-3)12(16)17/h14H,5-11H2,1-4H3,(H,16,17). The van der Waals surface area contributed by atoms with E-state index >= 15 is 0 Å². The fourth-order valence-corrected chi connectivity index (χ4v) is 1.80. The number of carboxylic acid groups (broad SMARTS) is 1. The van der Waals surface area contributed by atoms with E-state index in [1.807, 2.05) is 0 Å². The van der Waals surface area contributed by atoms with E-state index in [9.17, 15) is 4.79 Å². The van der Waals surface area contributed by atoms with Crippen LogP contribution in [0.5, 0.6) is 0 Å². The predicted molar refractivity (Wildman–Crippen MR) is 72.9 cm³/mol. The lowest BCUT2D eigenvalue weighted by Crippen LogP contribution is -2.47. The van der Waals surface area contributed by atoms with E-state index < -0.39 is 11.5 Å². The highest BCUT2D eigenvalue weighted by Crippen LogP contribution is 2.13. The average molecular weight is 260 g/mol. The molecular formula is C13H28N2O3. The molecule has 0 aliphatic rings. The smallest absolute Gasteiger partial charge is 0.323 e. The highest BCUT2D eigenvalue weighted by atomic mass is 16.5. The van der Waals surface area contributed by atoms with Crippen molar-refractivity contribution in [2.24, 2.45) is 0 Å². The molecule has 5 heteroatoms. The molecule has 0 saturated carbocycles. The molecule has 0 bridgehead atoms. The molecule has 0 aromatic carbocycles. The van der Waals surface area contributed by atoms with Crippen LogP contribution in [-0.2, 0) is 9.53 Å². The number of unbranched alkanes of at least 4 members (excludes halogenated alkanes) is 1. The predicted octanol–water partition coefficient (Wildman–Crippen LogP) is 1.19. The van der Waals surface area contributed by atoms with E-state index in [-0.39, 0.29) is 0 Å². The zero-order valence-electron chi connectivity index (χ0n) is 12.2. The first-order chi connectivity index (χ1) is 8.50. The first-order valence-corrected chi connectivity index (χ1v) is 6.63. The minimum Gasteiger partial charge on any atom is -0.480 e. The van der Waals surface area contributed by atoms with Gasteiger partial charge in [0, 0.05) is 13.7 Å². The van der Waals surface area contributed by atoms with Crippen LogP contribution < -0.4 is 5.32 Å². The number of nitrogens with zero attached hydrogens (tertiary/aromatic N) is 1. The van der Waals surface area contributed by atoms with E-state index in [1.165, 1.54) is 0 Å². The van der Waals surface area contributed by atoms with Crippen LogP contribution in [-0.4, -0.2) is 61.9 Å². The highest BCUT2D eigenvalue weighted by molar-refractivity contribution is 5.78. The Bertz CT molecular complexity index is 236. The Balaban J connectivity index is 3.86. The quantitative estimate of drug-likeness (QED) is 0.546. The molecule has 2 N–H and O–H groups in total. The van der Waals surface area contributed by atoms with Gasteiger partial charge in [0.25, 0.3) is 0 Å². The minimum absolute atomic E-state index is 0.653. The monoisotopic (exact) mass is 260 g/mol. The average Bonchev–Trinajstić information content (AvgIpc) is 2.37. The molecule has 18 heavy (non-hydrogen) atoms. The second-order valence-electron chi connectivity index (χ2n) is 4.77. The third kappa shape index (κ3) is 6.33. The molecule has 0 radical (unpaired) electrons. The van der Waals surface area contributed by atoms with Crippen molar-refractivity contribution in [1.82, 2.24) is 10.2 Å². The number of hydrogen-bond acceptors (Lipinski definition) is 4. The molecule has 1 unspecified atom stereocenters. The molecule has 1 atom stereocenters. The summed E-state index contributed by atoms with van der Waals surface area (Å²) in [5.41, 5.74) is -0.802. The SMILES string of the molecule is CCN(CCCCC(C)(NC)C(=O)O)CCOC. The molecule has 0 amide bonds. The molecule has 0 fully saturated rings. The molecule has 108 valence electrons. The third-order valence-corrected chi connectivity index (χ3v) is 3.48. The first-order valence-electron chi connectivity index (χ1n) is 6.63. The lowest BCUT2D eigenvalue weighted by molar-refractivity contribution is -0.144. The first kappa shape index (κ1) is 17.4. The van der Waals surface area contributed by atoms with E-state index in [0.717, 1.165) is 39.1 Å². The Morgan fingerprint density at radius 1 is 1.39 bits per heavy atom. The fourth-order valence-electron chi connectivity index (χ4n) is 1.80. The van der Waals surface area contributed by atoms with Gasteiger partial charge in [0.2, 0.25) is 0 Å². The molecule has 0 heterocycles. The van der Waals surface area contributed by atoms with Gasteiger partial charge in [-0.05, 0) is 46.3 Å². The van der Waals surface area contributed by atoms with Gasteiger partial charge in [0.05, 0.1) is 6.61 Å². The summed E-state index contributed by atoms with van der Waals surface area (Å²) in [6.45, 7) is 7.56. The van der Waals surface area contributed by atoms with Crippen molar-refractivity contribution in [3.05, 3.63) is 0 Å². The zero-order valence-corrected chi connectivity index (χ0v) is 12.2. The van der Waals surface area contributed by atoms with Crippen molar-refractivity contribution in [2.45, 2.75) is 38.6 Å². The van der Waals surface area contributed by atoms with Crippen molar-refractivity contribution < 1.29 is 14.6 Å². The van der Waals surface area contributed by atoms with Gasteiger partial charge in [-0.25, -0.2) is 0 Å². The Kier molecular flexibility index (Phi) is 8.97. The van der Waals surface area contributed by atoms with Crippen molar-refractivity contribution >= 4 is 5.97 Å². The van der Waals surface area contributed by atoms with Gasteiger partial charge >= 0.3 is 5.97 Å². The molecule has 5 nitrogen and oxygen atoms in total. The minimum atomic E-state index is -0.802. The number of rotatable bonds is 11. The molecule has 0 spiro atoms. The number of ether oxygens (including phenoxy) is 1. The summed E-state index contributed by atoms with van der Waals surface area (Å²) in [6.07, 6.45) is 2.58. The van der Waals surface area contributed by atoms with Gasteiger partial charge < -0.3 is 20.1 Å². The summed E-state index contributed by atoms with van der Waals surface area (Å²) in [5.74, 6) is -0.781. The number of aliphatic carboxylic acids is 1. The fraction of sp³-hybridized carbons (Fsp3) is 0.923. The summed E-state index contributed by atoms with van der Waals surface area (Å²) < 4.78 is 5.05. The maximum absolute atomic E-state index is 11.1. The van der Waals surface area contributed by atoms with E-state index in [4.69, 9.17) is 9.84 Å². The van der Waals surface area contributed by atoms with Gasteiger partial charge in [0.15, 0.2) is 0 Å². The zero-order chi connectivity index (χ0) is 14.0. The van der Waals surface area contributed by atoms with E-state index in [1.54, 1.807) is 21.1 Å². The van der Waals surface area contributed by atoms with Crippen LogP contribution in [0, 0.1) is 0 Å². The number of hydrogen-bond donors (Lipinski definition) is 2. The van der Waals surface area contributed by atoms with Crippen molar-refractivity contribution in [1.29, 1.82) is 0 Å². The van der Waals surface area contributed by atoms with Crippen LogP contribution >= 0.6 is 0 Å². The summed E-state index contributed by atoms with van der Waals surface area (Å²) >= 11 is 0. The molecule has 0 aliphatic carbocycles. The number of methoxy groups -OCH3 is 1. The van der Waals surface area contributed by atoms with Crippen LogP contribution in [0.2, 0.25) is 0 Å². The summed E-state index contributed by atoms with van der Waals surface area (Å²) in [5, 5.41) is 12.0. The molecule has 0 aromatic rings. The van der Waals surface area contributed by atoms with Gasteiger partial charge in [-0.1, -0.05) is 6.92 Å². The van der Waals surface area contributed by atoms with Crippen LogP contribution in [0.3, 0.4) is 0 Å². The molecule has 0 saturated heterocycles. The Hall–Kier alpha value is -0.650. The number of carboxylic acids is 1. The van der Waals surface area contributed by atoms with Gasteiger partial charge in [-0.15, -0.1) is 0 Å². The second-order valence-corrected chi connectivity index (χ2v) is 4.77. The number of carbonyl (C=O) groups is 1. The van der Waals surface area contributed by atoms with Gasteiger partial charge in [-0.3, -0.25) is 4.79 Å². The van der Waals surface area contributed by atoms with Crippen LogP contribution in [0.1, 0.15) is 33.1 Å². The largest absolute Gasteiger partial charge is 0.480 e. The summed E-state index contributed by atoms with van der Waals surface area (Å²) in [4.78, 5) is 13.4. The summed E-state index contributed by atoms with van der Waals surface area (Å²) in [7, 11) is 3.41. The summed E-state index contributed by atoms with van der Waals surface area (Å²) in [6, 6.07) is 0. The third-order valence-electron chi connectivity index (χ3n) is 3.48. The Labute approximate surface area is 110 Å². The van der Waals surface area contributed by atoms with Crippen LogP contribution in [0.15, 0.2) is 0 Å². The topological polar surface area (TPSA) is 61.8 Å². The van der Waals surface area contributed by atoms with E-state index in [2.05, 4.69) is 17.1 Å². The number of likely N-dealkylation sites (N-methyl/N-ethyl adjacent to an activating group) is 2. The maximum Gasteiger partial charge on any atom is 0.323 e. The highest BCUT2D eigenvalue weighted by Gasteiger charge is 2.30. The van der Waals surface area contributed by atoms with Gasteiger partial charge in [0.1, 0.15) is 5.54 Å². The van der Waals surface area contributed by atoms with E-state index in [0.29, 0.717) is 6.42 Å². The molecular weight excluding hydrogens is 232 g/mol. The van der Waals surface area contributed by atoms with Crippen LogP contribution in [0.4, 0.5) is 0 Å². The lowest BCUT2D eigenvalue weighted by atomic mass is 9.95. The van der Waals surface area contributed by atoms with Gasteiger partial charge in [-0.2, -0.15) is 0 Å². The van der Waals surface area contributed by atoms with Crippen molar-refractivity contribution in [3.63, 3.8) is 0 Å². The lowest BCUT2D eigenvalue weighted by Gasteiger charge is -2.25. The Morgan fingerprint density at radius 3 is 2.50 bits per heavy atom. The molecule has 0 rings (SSSR count). The van der Waals surface area contributed by atoms with Crippen molar-refractivity contribution in [3.8, 4) is 0 Å². The molecule has 0 aliphatic heterocycles. The second kappa shape index (κ2) is 9.30. The normalized spacial score (nSPS) is 14.7. The van der Waals surface area contributed by atoms with Crippen molar-refractivity contribution in [2.75, 3.05) is 40.4 Å². The number of nitrogens with one attached hydrogen (secondary N) is 1. The van der Waals surface area contributed by atoms with Crippen LogP contribution in [0.25, 0.3) is 0 Å². The Morgan fingerprint density at radius 2 is 2.06 bits per heavy atom. The molecule has 0 aromatic heterocycles. The maximum atomic E-state index is 11.1.